The minimum Gasteiger partial charge on any atom is -0.456 e. The fraction of sp³-hybridized carbons (Fsp3) is 0.143. The average Bonchev–Trinajstić information content (AvgIpc) is 2.70. The molecule has 0 radical (unpaired) electrons. The molecule has 0 unspecified atom stereocenters. The van der Waals surface area contributed by atoms with Crippen molar-refractivity contribution in [3.8, 4) is 11.5 Å². The first-order chi connectivity index (χ1) is 13.4. The quantitative estimate of drug-likeness (QED) is 0.671. The maximum absolute atomic E-state index is 12.6. The molecule has 0 saturated carbocycles. The number of sulfone groups is 1. The Morgan fingerprint density at radius 2 is 1.61 bits per heavy atom. The van der Waals surface area contributed by atoms with Crippen molar-refractivity contribution in [2.24, 2.45) is 0 Å². The molecule has 2 aromatic carbocycles. The van der Waals surface area contributed by atoms with Crippen LogP contribution in [0.25, 0.3) is 0 Å². The van der Waals surface area contributed by atoms with Gasteiger partial charge in [-0.1, -0.05) is 30.3 Å². The summed E-state index contributed by atoms with van der Waals surface area (Å²) in [4.78, 5) is 16.8. The molecule has 0 spiro atoms. The normalized spacial score (nSPS) is 11.2. The summed E-state index contributed by atoms with van der Waals surface area (Å²) in [6.45, 7) is 3.16. The van der Waals surface area contributed by atoms with Gasteiger partial charge in [0.25, 0.3) is 5.91 Å². The van der Waals surface area contributed by atoms with Crippen molar-refractivity contribution in [3.63, 3.8) is 0 Å². The highest BCUT2D eigenvalue weighted by Crippen LogP contribution is 2.23. The van der Waals surface area contributed by atoms with E-state index in [0.717, 1.165) is 0 Å². The van der Waals surface area contributed by atoms with Gasteiger partial charge in [-0.2, -0.15) is 0 Å². The number of benzene rings is 2. The van der Waals surface area contributed by atoms with Crippen LogP contribution in [-0.4, -0.2) is 24.6 Å². The number of hydrogen-bond acceptors (Lipinski definition) is 5. The molecular weight excluding hydrogens is 376 g/mol. The van der Waals surface area contributed by atoms with Crippen LogP contribution in [0, 0.1) is 0 Å². The third kappa shape index (κ3) is 4.37. The summed E-state index contributed by atoms with van der Waals surface area (Å²) in [6.07, 6.45) is 1.49. The number of carbonyl (C=O) groups excluding carboxylic acids is 1. The van der Waals surface area contributed by atoms with E-state index < -0.39 is 21.0 Å². The molecule has 0 atom stereocenters. The summed E-state index contributed by atoms with van der Waals surface area (Å²) in [5.74, 6) is 0.951. The molecule has 0 aliphatic rings. The van der Waals surface area contributed by atoms with E-state index in [2.05, 4.69) is 10.3 Å². The van der Waals surface area contributed by atoms with Crippen LogP contribution in [0.2, 0.25) is 0 Å². The van der Waals surface area contributed by atoms with Crippen LogP contribution in [-0.2, 0) is 9.84 Å². The van der Waals surface area contributed by atoms with Crippen LogP contribution < -0.4 is 10.1 Å². The predicted octanol–water partition coefficient (Wildman–Crippen LogP) is 4.31. The average molecular weight is 396 g/mol. The Morgan fingerprint density at radius 1 is 0.929 bits per heavy atom. The number of aromatic nitrogens is 1. The number of ether oxygens (including phenoxy) is 1. The number of hydrogen-bond donors (Lipinski definition) is 1. The Morgan fingerprint density at radius 3 is 2.25 bits per heavy atom. The summed E-state index contributed by atoms with van der Waals surface area (Å²) in [6, 6.07) is 18.7. The van der Waals surface area contributed by atoms with E-state index >= 15 is 0 Å². The van der Waals surface area contributed by atoms with Crippen LogP contribution in [0.3, 0.4) is 0 Å². The van der Waals surface area contributed by atoms with Gasteiger partial charge in [0.15, 0.2) is 9.84 Å². The Kier molecular flexibility index (Phi) is 5.75. The number of nitrogens with zero attached hydrogens (tertiary/aromatic N) is 1. The maximum Gasteiger partial charge on any atom is 0.258 e. The Hall–Kier alpha value is -3.19. The third-order valence-electron chi connectivity index (χ3n) is 4.02. The van der Waals surface area contributed by atoms with Gasteiger partial charge in [-0.3, -0.25) is 4.79 Å². The second-order valence-electron chi connectivity index (χ2n) is 6.34. The zero-order valence-corrected chi connectivity index (χ0v) is 16.3. The molecule has 1 amide bonds. The zero-order valence-electron chi connectivity index (χ0n) is 15.5. The summed E-state index contributed by atoms with van der Waals surface area (Å²) < 4.78 is 30.7. The zero-order chi connectivity index (χ0) is 20.1. The monoisotopic (exact) mass is 396 g/mol. The van der Waals surface area contributed by atoms with E-state index in [1.165, 1.54) is 18.3 Å². The Labute approximate surface area is 164 Å². The Bertz CT molecular complexity index is 1060. The minimum absolute atomic E-state index is 0.00605. The molecule has 0 saturated heterocycles. The van der Waals surface area contributed by atoms with Crippen LogP contribution >= 0.6 is 0 Å². The number of amides is 1. The molecule has 0 aliphatic heterocycles. The van der Waals surface area contributed by atoms with Gasteiger partial charge >= 0.3 is 0 Å². The second kappa shape index (κ2) is 8.22. The fourth-order valence-electron chi connectivity index (χ4n) is 2.48. The van der Waals surface area contributed by atoms with Crippen molar-refractivity contribution in [1.29, 1.82) is 0 Å². The molecule has 0 aliphatic carbocycles. The van der Waals surface area contributed by atoms with E-state index in [1.807, 2.05) is 30.3 Å². The predicted molar refractivity (Wildman–Crippen MR) is 107 cm³/mol. The summed E-state index contributed by atoms with van der Waals surface area (Å²) in [5.41, 5.74) is 0.0858. The van der Waals surface area contributed by atoms with Crippen LogP contribution in [0.5, 0.6) is 11.5 Å². The molecule has 1 aromatic heterocycles. The molecule has 3 rings (SSSR count). The lowest BCUT2D eigenvalue weighted by Crippen LogP contribution is -2.21. The van der Waals surface area contributed by atoms with E-state index in [9.17, 15) is 13.2 Å². The lowest BCUT2D eigenvalue weighted by molar-refractivity contribution is 0.102. The van der Waals surface area contributed by atoms with Crippen LogP contribution in [0.4, 0.5) is 5.82 Å². The summed E-state index contributed by atoms with van der Waals surface area (Å²) in [5, 5.41) is 2.00. The number of pyridine rings is 1. The van der Waals surface area contributed by atoms with Gasteiger partial charge in [-0.25, -0.2) is 13.4 Å². The highest BCUT2D eigenvalue weighted by Gasteiger charge is 2.25. The molecule has 1 N–H and O–H groups in total. The summed E-state index contributed by atoms with van der Waals surface area (Å²) >= 11 is 0. The number of nitrogens with one attached hydrogen (secondary N) is 1. The van der Waals surface area contributed by atoms with Crippen LogP contribution in [0.1, 0.15) is 24.2 Å². The summed E-state index contributed by atoms with van der Waals surface area (Å²) in [7, 11) is -3.59. The SMILES string of the molecule is CC(C)S(=O)(=O)c1ccccc1C(=O)Nc1ccc(Oc2ccccc2)cn1. The Balaban J connectivity index is 1.77. The molecule has 1 heterocycles. The maximum atomic E-state index is 12.6. The molecule has 144 valence electrons. The molecule has 0 bridgehead atoms. The highest BCUT2D eigenvalue weighted by molar-refractivity contribution is 7.92. The van der Waals surface area contributed by atoms with Gasteiger partial charge in [0.05, 0.1) is 21.9 Å². The van der Waals surface area contributed by atoms with E-state index in [0.29, 0.717) is 17.3 Å². The van der Waals surface area contributed by atoms with E-state index in [-0.39, 0.29) is 10.5 Å². The second-order valence-corrected chi connectivity index (χ2v) is 8.81. The molecule has 28 heavy (non-hydrogen) atoms. The van der Waals surface area contributed by atoms with Crippen LogP contribution in [0.15, 0.2) is 77.8 Å². The van der Waals surface area contributed by atoms with Gasteiger partial charge in [-0.05, 0) is 50.2 Å². The number of para-hydroxylation sites is 1. The van der Waals surface area contributed by atoms with Gasteiger partial charge in [0.1, 0.15) is 17.3 Å². The van der Waals surface area contributed by atoms with Crippen molar-refractivity contribution in [2.75, 3.05) is 5.32 Å². The molecule has 7 heteroatoms. The highest BCUT2D eigenvalue weighted by atomic mass is 32.2. The fourth-order valence-corrected chi connectivity index (χ4v) is 3.72. The largest absolute Gasteiger partial charge is 0.456 e. The first kappa shape index (κ1) is 19.6. The van der Waals surface area contributed by atoms with Crippen molar-refractivity contribution >= 4 is 21.6 Å². The van der Waals surface area contributed by atoms with Gasteiger partial charge < -0.3 is 10.1 Å². The van der Waals surface area contributed by atoms with Crippen molar-refractivity contribution in [1.82, 2.24) is 4.98 Å². The van der Waals surface area contributed by atoms with E-state index in [4.69, 9.17) is 4.74 Å². The first-order valence-electron chi connectivity index (χ1n) is 8.71. The van der Waals surface area contributed by atoms with Gasteiger partial charge in [0, 0.05) is 0 Å². The first-order valence-corrected chi connectivity index (χ1v) is 10.3. The van der Waals surface area contributed by atoms with Crippen molar-refractivity contribution in [3.05, 3.63) is 78.5 Å². The van der Waals surface area contributed by atoms with Gasteiger partial charge in [0.2, 0.25) is 0 Å². The lowest BCUT2D eigenvalue weighted by Gasteiger charge is -2.13. The van der Waals surface area contributed by atoms with E-state index in [1.54, 1.807) is 38.1 Å². The molecule has 6 nitrogen and oxygen atoms in total. The van der Waals surface area contributed by atoms with Crippen molar-refractivity contribution in [2.45, 2.75) is 24.0 Å². The van der Waals surface area contributed by atoms with Gasteiger partial charge in [-0.15, -0.1) is 0 Å². The smallest absolute Gasteiger partial charge is 0.258 e. The third-order valence-corrected chi connectivity index (χ3v) is 6.23. The molecular formula is C21H20N2O4S. The number of carbonyl (C=O) groups is 1. The molecule has 0 fully saturated rings. The minimum atomic E-state index is -3.59. The topological polar surface area (TPSA) is 85.4 Å². The molecule has 3 aromatic rings. The number of rotatable bonds is 6. The number of anilines is 1. The lowest BCUT2D eigenvalue weighted by atomic mass is 10.2. The van der Waals surface area contributed by atoms with Crippen molar-refractivity contribution < 1.29 is 17.9 Å². The standard InChI is InChI=1S/C21H20N2O4S/c1-15(2)28(25,26)19-11-7-6-10-18(19)21(24)23-20-13-12-17(14-22-20)27-16-8-4-3-5-9-16/h3-15H,1-2H3,(H,22,23,24).